The van der Waals surface area contributed by atoms with Gasteiger partial charge in [0.25, 0.3) is 11.8 Å². The zero-order chi connectivity index (χ0) is 18.4. The second kappa shape index (κ2) is 8.11. The average molecular weight is 348 g/mol. The van der Waals surface area contributed by atoms with Gasteiger partial charge in [0.2, 0.25) is 0 Å². The maximum atomic E-state index is 12.3. The van der Waals surface area contributed by atoms with Crippen LogP contribution in [0.5, 0.6) is 0 Å². The van der Waals surface area contributed by atoms with E-state index in [0.717, 1.165) is 0 Å². The number of aromatic nitrogens is 2. The number of carbonyl (C=O) groups excluding carboxylic acids is 2. The summed E-state index contributed by atoms with van der Waals surface area (Å²) in [5, 5.41) is 5.76. The summed E-state index contributed by atoms with van der Waals surface area (Å²) in [4.78, 5) is 28.4. The molecule has 0 saturated carbocycles. The van der Waals surface area contributed by atoms with Crippen LogP contribution in [0.2, 0.25) is 0 Å². The highest BCUT2D eigenvalue weighted by atomic mass is 16.2. The topological polar surface area (TPSA) is 76.0 Å². The first-order valence-electron chi connectivity index (χ1n) is 8.35. The minimum atomic E-state index is -0.184. The van der Waals surface area contributed by atoms with E-state index in [9.17, 15) is 9.59 Å². The highest BCUT2D eigenvalue weighted by molar-refractivity contribution is 6.04. The van der Waals surface area contributed by atoms with Crippen molar-refractivity contribution >= 4 is 17.5 Å². The molecule has 26 heavy (non-hydrogen) atoms. The third-order valence-corrected chi connectivity index (χ3v) is 3.86. The Labute approximate surface area is 151 Å². The third kappa shape index (κ3) is 4.57. The van der Waals surface area contributed by atoms with Gasteiger partial charge in [0.1, 0.15) is 0 Å². The quantitative estimate of drug-likeness (QED) is 0.719. The van der Waals surface area contributed by atoms with E-state index in [1.165, 1.54) is 0 Å². The maximum absolute atomic E-state index is 12.3. The average Bonchev–Trinajstić information content (AvgIpc) is 3.15. The van der Waals surface area contributed by atoms with Crippen LogP contribution in [0.1, 0.15) is 27.6 Å². The Bertz CT molecular complexity index is 859. The number of nitrogens with one attached hydrogen (secondary N) is 2. The Morgan fingerprint density at radius 2 is 1.69 bits per heavy atom. The number of carbonyl (C=O) groups is 2. The van der Waals surface area contributed by atoms with Gasteiger partial charge in [0.15, 0.2) is 0 Å². The van der Waals surface area contributed by atoms with Crippen molar-refractivity contribution in [1.29, 1.82) is 0 Å². The van der Waals surface area contributed by atoms with Gasteiger partial charge in [-0.25, -0.2) is 4.98 Å². The zero-order valence-corrected chi connectivity index (χ0v) is 14.4. The van der Waals surface area contributed by atoms with Crippen LogP contribution in [0, 0.1) is 0 Å². The van der Waals surface area contributed by atoms with Crippen LogP contribution < -0.4 is 10.6 Å². The molecule has 0 bridgehead atoms. The third-order valence-electron chi connectivity index (χ3n) is 3.86. The molecular weight excluding hydrogens is 328 g/mol. The van der Waals surface area contributed by atoms with E-state index in [1.54, 1.807) is 48.9 Å². The van der Waals surface area contributed by atoms with Crippen LogP contribution in [-0.2, 0) is 6.54 Å². The second-order valence-electron chi connectivity index (χ2n) is 6.03. The number of nitrogens with zero attached hydrogens (tertiary/aromatic N) is 2. The van der Waals surface area contributed by atoms with Gasteiger partial charge in [-0.15, -0.1) is 0 Å². The van der Waals surface area contributed by atoms with Gasteiger partial charge in [-0.05, 0) is 43.3 Å². The van der Waals surface area contributed by atoms with Gasteiger partial charge in [0, 0.05) is 41.8 Å². The lowest BCUT2D eigenvalue weighted by atomic mass is 10.1. The number of hydrogen-bond donors (Lipinski definition) is 2. The molecule has 1 aromatic heterocycles. The van der Waals surface area contributed by atoms with E-state index in [4.69, 9.17) is 0 Å². The summed E-state index contributed by atoms with van der Waals surface area (Å²) < 4.78 is 1.91. The summed E-state index contributed by atoms with van der Waals surface area (Å²) in [6, 6.07) is 15.8. The van der Waals surface area contributed by atoms with Crippen LogP contribution in [0.3, 0.4) is 0 Å². The lowest BCUT2D eigenvalue weighted by molar-refractivity contribution is 0.0936. The molecule has 0 radical (unpaired) electrons. The normalized spacial score (nSPS) is 11.6. The Kier molecular flexibility index (Phi) is 5.43. The van der Waals surface area contributed by atoms with Crippen LogP contribution in [0.15, 0.2) is 73.3 Å². The van der Waals surface area contributed by atoms with E-state index < -0.39 is 0 Å². The number of benzene rings is 2. The van der Waals surface area contributed by atoms with Crippen molar-refractivity contribution in [1.82, 2.24) is 14.9 Å². The van der Waals surface area contributed by atoms with E-state index in [2.05, 4.69) is 15.6 Å². The van der Waals surface area contributed by atoms with Crippen LogP contribution in [0.4, 0.5) is 5.69 Å². The van der Waals surface area contributed by atoms with Gasteiger partial charge in [-0.3, -0.25) is 9.59 Å². The molecule has 6 nitrogen and oxygen atoms in total. The molecule has 0 unspecified atom stereocenters. The molecule has 0 aliphatic carbocycles. The van der Waals surface area contributed by atoms with E-state index in [0.29, 0.717) is 23.4 Å². The molecule has 132 valence electrons. The molecule has 0 aliphatic heterocycles. The van der Waals surface area contributed by atoms with Crippen LogP contribution in [0.25, 0.3) is 0 Å². The van der Waals surface area contributed by atoms with Crippen molar-refractivity contribution in [3.05, 3.63) is 84.4 Å². The fraction of sp³-hybridized carbons (Fsp3) is 0.150. The van der Waals surface area contributed by atoms with Crippen molar-refractivity contribution in [3.63, 3.8) is 0 Å². The first kappa shape index (κ1) is 17.4. The minimum Gasteiger partial charge on any atom is -0.348 e. The molecule has 2 N–H and O–H groups in total. The van der Waals surface area contributed by atoms with Crippen molar-refractivity contribution in [3.8, 4) is 0 Å². The second-order valence-corrected chi connectivity index (χ2v) is 6.03. The first-order chi connectivity index (χ1) is 12.6. The van der Waals surface area contributed by atoms with Gasteiger partial charge < -0.3 is 15.2 Å². The highest BCUT2D eigenvalue weighted by Gasteiger charge is 2.11. The molecule has 0 fully saturated rings. The van der Waals surface area contributed by atoms with Crippen molar-refractivity contribution < 1.29 is 9.59 Å². The maximum Gasteiger partial charge on any atom is 0.255 e. The zero-order valence-electron chi connectivity index (χ0n) is 14.4. The number of hydrogen-bond acceptors (Lipinski definition) is 3. The number of rotatable bonds is 6. The van der Waals surface area contributed by atoms with Crippen molar-refractivity contribution in [2.75, 3.05) is 5.32 Å². The van der Waals surface area contributed by atoms with Crippen LogP contribution in [-0.4, -0.2) is 27.4 Å². The SMILES string of the molecule is C[C@@H](Cn1ccnc1)NC(=O)c1ccc(NC(=O)c2ccccc2)cc1. The Morgan fingerprint density at radius 1 is 1.00 bits per heavy atom. The van der Waals surface area contributed by atoms with Gasteiger partial charge in [-0.1, -0.05) is 18.2 Å². The number of amides is 2. The summed E-state index contributed by atoms with van der Waals surface area (Å²) >= 11 is 0. The van der Waals surface area contributed by atoms with Crippen molar-refractivity contribution in [2.24, 2.45) is 0 Å². The largest absolute Gasteiger partial charge is 0.348 e. The van der Waals surface area contributed by atoms with E-state index in [1.807, 2.05) is 35.9 Å². The fourth-order valence-corrected chi connectivity index (χ4v) is 2.56. The number of anilines is 1. The van der Waals surface area contributed by atoms with Crippen LogP contribution >= 0.6 is 0 Å². The predicted molar refractivity (Wildman–Crippen MR) is 100.0 cm³/mol. The smallest absolute Gasteiger partial charge is 0.255 e. The molecule has 1 heterocycles. The summed E-state index contributed by atoms with van der Waals surface area (Å²) in [6.45, 7) is 2.59. The number of imidazole rings is 1. The lowest BCUT2D eigenvalue weighted by Crippen LogP contribution is -2.35. The summed E-state index contributed by atoms with van der Waals surface area (Å²) in [7, 11) is 0. The van der Waals surface area contributed by atoms with E-state index in [-0.39, 0.29) is 17.9 Å². The fourth-order valence-electron chi connectivity index (χ4n) is 2.56. The van der Waals surface area contributed by atoms with E-state index >= 15 is 0 Å². The molecule has 0 aliphatic rings. The van der Waals surface area contributed by atoms with Crippen molar-refractivity contribution in [2.45, 2.75) is 19.5 Å². The van der Waals surface area contributed by atoms with Gasteiger partial charge in [-0.2, -0.15) is 0 Å². The molecule has 0 spiro atoms. The Balaban J connectivity index is 1.56. The van der Waals surface area contributed by atoms with Gasteiger partial charge >= 0.3 is 0 Å². The molecule has 3 aromatic rings. The monoisotopic (exact) mass is 348 g/mol. The lowest BCUT2D eigenvalue weighted by Gasteiger charge is -2.14. The van der Waals surface area contributed by atoms with Gasteiger partial charge in [0.05, 0.1) is 6.33 Å². The minimum absolute atomic E-state index is 0.0332. The molecule has 2 aromatic carbocycles. The Morgan fingerprint density at radius 3 is 2.35 bits per heavy atom. The molecule has 6 heteroatoms. The molecule has 1 atom stereocenters. The molecule has 3 rings (SSSR count). The summed E-state index contributed by atoms with van der Waals surface area (Å²) in [5.41, 5.74) is 1.77. The first-order valence-corrected chi connectivity index (χ1v) is 8.35. The summed E-state index contributed by atoms with van der Waals surface area (Å²) in [6.07, 6.45) is 5.27. The standard InChI is InChI=1S/C20H20N4O2/c1-15(13-24-12-11-21-14-24)22-19(25)17-7-9-18(10-8-17)23-20(26)16-5-3-2-4-6-16/h2-12,14-15H,13H2,1H3,(H,22,25)(H,23,26)/t15-/m0/s1. The predicted octanol–water partition coefficient (Wildman–Crippen LogP) is 2.95. The summed E-state index contributed by atoms with van der Waals surface area (Å²) in [5.74, 6) is -0.338. The highest BCUT2D eigenvalue weighted by Crippen LogP contribution is 2.12. The Hall–Kier alpha value is -3.41. The molecule has 0 saturated heterocycles. The molecule has 2 amide bonds. The molecular formula is C20H20N4O2.